The number of carbonyl (C=O) groups is 1. The molecule has 0 radical (unpaired) electrons. The minimum atomic E-state index is 0.110. The average molecular weight is 303 g/mol. The van der Waals surface area contributed by atoms with Gasteiger partial charge in [0, 0.05) is 12.1 Å². The van der Waals surface area contributed by atoms with Crippen LogP contribution in [0.3, 0.4) is 0 Å². The van der Waals surface area contributed by atoms with Crippen molar-refractivity contribution in [2.75, 3.05) is 6.61 Å². The Morgan fingerprint density at radius 2 is 1.91 bits per heavy atom. The van der Waals surface area contributed by atoms with Gasteiger partial charge in [-0.05, 0) is 57.1 Å². The Morgan fingerprint density at radius 3 is 2.55 bits per heavy atom. The van der Waals surface area contributed by atoms with Gasteiger partial charge in [-0.3, -0.25) is 4.79 Å². The number of benzene rings is 1. The zero-order chi connectivity index (χ0) is 16.1. The van der Waals surface area contributed by atoms with E-state index in [9.17, 15) is 4.79 Å². The van der Waals surface area contributed by atoms with E-state index in [1.807, 2.05) is 23.1 Å². The minimum Gasteiger partial charge on any atom is -0.483 e. The number of para-hydroxylation sites is 1. The summed E-state index contributed by atoms with van der Waals surface area (Å²) < 4.78 is 5.88. The molecule has 1 aliphatic rings. The minimum absolute atomic E-state index is 0.110. The van der Waals surface area contributed by atoms with Crippen LogP contribution >= 0.6 is 0 Å². The van der Waals surface area contributed by atoms with E-state index in [0.29, 0.717) is 18.0 Å². The summed E-state index contributed by atoms with van der Waals surface area (Å²) in [5.41, 5.74) is 1.19. The fourth-order valence-corrected chi connectivity index (χ4v) is 3.37. The molecule has 22 heavy (non-hydrogen) atoms. The van der Waals surface area contributed by atoms with Crippen LogP contribution < -0.4 is 4.74 Å². The van der Waals surface area contributed by atoms with Gasteiger partial charge in [0.05, 0.1) is 0 Å². The van der Waals surface area contributed by atoms with Crippen LogP contribution in [0.1, 0.15) is 64.9 Å². The highest BCUT2D eigenvalue weighted by atomic mass is 16.5. The Hall–Kier alpha value is -1.51. The molecule has 1 aromatic carbocycles. The lowest BCUT2D eigenvalue weighted by atomic mass is 9.97. The van der Waals surface area contributed by atoms with Crippen LogP contribution in [0, 0.1) is 0 Å². The molecule has 3 unspecified atom stereocenters. The van der Waals surface area contributed by atoms with Crippen LogP contribution in [0.4, 0.5) is 0 Å². The van der Waals surface area contributed by atoms with Crippen molar-refractivity contribution in [2.24, 2.45) is 0 Å². The van der Waals surface area contributed by atoms with E-state index in [1.54, 1.807) is 0 Å². The topological polar surface area (TPSA) is 29.5 Å². The highest BCUT2D eigenvalue weighted by molar-refractivity contribution is 5.78. The molecule has 0 spiro atoms. The number of nitrogens with zero attached hydrogens (tertiary/aromatic N) is 1. The Labute approximate surface area is 134 Å². The Kier molecular flexibility index (Phi) is 5.87. The van der Waals surface area contributed by atoms with E-state index < -0.39 is 0 Å². The fraction of sp³-hybridized carbons (Fsp3) is 0.632. The van der Waals surface area contributed by atoms with Crippen molar-refractivity contribution in [1.29, 1.82) is 0 Å². The van der Waals surface area contributed by atoms with Crippen molar-refractivity contribution in [3.8, 4) is 5.75 Å². The predicted octanol–water partition coefficient (Wildman–Crippen LogP) is 4.37. The quantitative estimate of drug-likeness (QED) is 0.808. The highest BCUT2D eigenvalue weighted by Gasteiger charge is 2.29. The van der Waals surface area contributed by atoms with Gasteiger partial charge in [-0.25, -0.2) is 0 Å². The van der Waals surface area contributed by atoms with Gasteiger partial charge in [0.2, 0.25) is 0 Å². The van der Waals surface area contributed by atoms with Crippen molar-refractivity contribution in [2.45, 2.75) is 71.4 Å². The molecule has 1 aliphatic heterocycles. The normalized spacial score (nSPS) is 23.2. The summed E-state index contributed by atoms with van der Waals surface area (Å²) in [5, 5.41) is 0. The van der Waals surface area contributed by atoms with E-state index in [2.05, 4.69) is 33.8 Å². The summed E-state index contributed by atoms with van der Waals surface area (Å²) in [6.45, 7) is 8.78. The van der Waals surface area contributed by atoms with Crippen LogP contribution in [-0.4, -0.2) is 29.5 Å². The van der Waals surface area contributed by atoms with Gasteiger partial charge in [0.25, 0.3) is 5.91 Å². The third-order valence-electron chi connectivity index (χ3n) is 4.89. The van der Waals surface area contributed by atoms with Crippen molar-refractivity contribution >= 4 is 5.91 Å². The summed E-state index contributed by atoms with van der Waals surface area (Å²) in [5.74, 6) is 1.40. The Bertz CT molecular complexity index is 490. The van der Waals surface area contributed by atoms with Gasteiger partial charge in [-0.2, -0.15) is 0 Å². The number of piperidine rings is 1. The van der Waals surface area contributed by atoms with Crippen LogP contribution in [0.15, 0.2) is 24.3 Å². The first kappa shape index (κ1) is 16.9. The maximum Gasteiger partial charge on any atom is 0.260 e. The molecule has 1 amide bonds. The predicted molar refractivity (Wildman–Crippen MR) is 90.3 cm³/mol. The van der Waals surface area contributed by atoms with Crippen LogP contribution in [0.2, 0.25) is 0 Å². The van der Waals surface area contributed by atoms with Crippen LogP contribution in [-0.2, 0) is 4.79 Å². The molecule has 1 aromatic rings. The van der Waals surface area contributed by atoms with Crippen LogP contribution in [0.25, 0.3) is 0 Å². The summed E-state index contributed by atoms with van der Waals surface area (Å²) in [6.07, 6.45) is 4.47. The van der Waals surface area contributed by atoms with E-state index in [0.717, 1.165) is 25.0 Å². The molecule has 122 valence electrons. The number of amides is 1. The summed E-state index contributed by atoms with van der Waals surface area (Å²) in [4.78, 5) is 14.6. The van der Waals surface area contributed by atoms with E-state index >= 15 is 0 Å². The molecule has 0 saturated carbocycles. The lowest BCUT2D eigenvalue weighted by Crippen LogP contribution is -2.49. The maximum absolute atomic E-state index is 12.5. The van der Waals surface area contributed by atoms with Gasteiger partial charge < -0.3 is 9.64 Å². The molecule has 1 saturated heterocycles. The lowest BCUT2D eigenvalue weighted by Gasteiger charge is -2.39. The molecular formula is C19H29NO2. The second-order valence-electron chi connectivity index (χ2n) is 6.57. The third kappa shape index (κ3) is 3.82. The molecule has 0 aliphatic carbocycles. The molecule has 1 fully saturated rings. The van der Waals surface area contributed by atoms with Crippen molar-refractivity contribution in [3.05, 3.63) is 29.8 Å². The van der Waals surface area contributed by atoms with Gasteiger partial charge in [-0.1, -0.05) is 32.0 Å². The van der Waals surface area contributed by atoms with Crippen LogP contribution in [0.5, 0.6) is 5.75 Å². The lowest BCUT2D eigenvalue weighted by molar-refractivity contribution is -0.139. The first-order chi connectivity index (χ1) is 10.5. The second kappa shape index (κ2) is 7.66. The zero-order valence-electron chi connectivity index (χ0n) is 14.3. The van der Waals surface area contributed by atoms with Crippen molar-refractivity contribution < 1.29 is 9.53 Å². The molecule has 0 N–H and O–H groups in total. The van der Waals surface area contributed by atoms with E-state index in [-0.39, 0.29) is 12.5 Å². The first-order valence-electron chi connectivity index (χ1n) is 8.57. The summed E-state index contributed by atoms with van der Waals surface area (Å²) >= 11 is 0. The van der Waals surface area contributed by atoms with Gasteiger partial charge >= 0.3 is 0 Å². The molecule has 2 rings (SSSR count). The standard InChI is InChI=1S/C19H29NO2/c1-5-14(2)17-11-6-7-12-18(17)22-13-19(21)20-15(3)9-8-10-16(20)4/h6-7,11-12,14-16H,5,8-10,13H2,1-4H3. The smallest absolute Gasteiger partial charge is 0.260 e. The maximum atomic E-state index is 12.5. The van der Waals surface area contributed by atoms with Gasteiger partial charge in [0.15, 0.2) is 6.61 Å². The number of likely N-dealkylation sites (tertiary alicyclic amines) is 1. The van der Waals surface area contributed by atoms with E-state index in [1.165, 1.54) is 12.0 Å². The number of hydrogen-bond donors (Lipinski definition) is 0. The van der Waals surface area contributed by atoms with Crippen molar-refractivity contribution in [1.82, 2.24) is 4.90 Å². The fourth-order valence-electron chi connectivity index (χ4n) is 3.37. The van der Waals surface area contributed by atoms with Gasteiger partial charge in [0.1, 0.15) is 5.75 Å². The molecule has 3 nitrogen and oxygen atoms in total. The molecular weight excluding hydrogens is 274 g/mol. The summed E-state index contributed by atoms with van der Waals surface area (Å²) in [6, 6.07) is 8.72. The molecule has 3 atom stereocenters. The SMILES string of the molecule is CCC(C)c1ccccc1OCC(=O)N1C(C)CCCC1C. The average Bonchev–Trinajstić information content (AvgIpc) is 2.52. The van der Waals surface area contributed by atoms with Gasteiger partial charge in [-0.15, -0.1) is 0 Å². The van der Waals surface area contributed by atoms with E-state index in [4.69, 9.17) is 4.74 Å². The summed E-state index contributed by atoms with van der Waals surface area (Å²) in [7, 11) is 0. The highest BCUT2D eigenvalue weighted by Crippen LogP contribution is 2.29. The Morgan fingerprint density at radius 1 is 1.27 bits per heavy atom. The zero-order valence-corrected chi connectivity index (χ0v) is 14.3. The third-order valence-corrected chi connectivity index (χ3v) is 4.89. The number of ether oxygens (including phenoxy) is 1. The Balaban J connectivity index is 2.02. The molecule has 0 aromatic heterocycles. The number of hydrogen-bond acceptors (Lipinski definition) is 2. The molecule has 1 heterocycles. The first-order valence-corrected chi connectivity index (χ1v) is 8.57. The largest absolute Gasteiger partial charge is 0.483 e. The molecule has 0 bridgehead atoms. The molecule has 3 heteroatoms. The number of carbonyl (C=O) groups excluding carboxylic acids is 1. The second-order valence-corrected chi connectivity index (χ2v) is 6.57. The monoisotopic (exact) mass is 303 g/mol. The number of rotatable bonds is 5. The van der Waals surface area contributed by atoms with Crippen molar-refractivity contribution in [3.63, 3.8) is 0 Å².